The average Bonchev–Trinajstić information content (AvgIpc) is 3.42. The van der Waals surface area contributed by atoms with Gasteiger partial charge in [0.2, 0.25) is 0 Å². The summed E-state index contributed by atoms with van der Waals surface area (Å²) in [6, 6.07) is 20.1. The van der Waals surface area contributed by atoms with Crippen LogP contribution in [0.4, 0.5) is 0 Å². The van der Waals surface area contributed by atoms with E-state index in [-0.39, 0.29) is 5.56 Å². The zero-order chi connectivity index (χ0) is 20.2. The van der Waals surface area contributed by atoms with Crippen LogP contribution in [0, 0.1) is 6.92 Å². The summed E-state index contributed by atoms with van der Waals surface area (Å²) in [6.45, 7) is 1.65. The van der Waals surface area contributed by atoms with Crippen LogP contribution in [0.15, 0.2) is 83.6 Å². The van der Waals surface area contributed by atoms with E-state index < -0.39 is 11.8 Å². The Labute approximate surface area is 166 Å². The predicted molar refractivity (Wildman–Crippen MR) is 107 cm³/mol. The largest absolute Gasteiger partial charge is 0.360 e. The molecule has 0 spiro atoms. The van der Waals surface area contributed by atoms with E-state index in [0.717, 1.165) is 5.56 Å². The lowest BCUT2D eigenvalue weighted by molar-refractivity contribution is 0.0846. The van der Waals surface area contributed by atoms with Crippen molar-refractivity contribution in [2.24, 2.45) is 0 Å². The third kappa shape index (κ3) is 3.66. The Balaban J connectivity index is 1.54. The molecule has 0 saturated heterocycles. The fourth-order valence-corrected chi connectivity index (χ4v) is 3.06. The van der Waals surface area contributed by atoms with Crippen molar-refractivity contribution in [3.8, 4) is 16.9 Å². The Bertz CT molecular complexity index is 1150. The summed E-state index contributed by atoms with van der Waals surface area (Å²) >= 11 is 0. The van der Waals surface area contributed by atoms with Gasteiger partial charge in [0.05, 0.1) is 11.3 Å². The smallest absolute Gasteiger partial charge is 0.275 e. The van der Waals surface area contributed by atoms with Gasteiger partial charge in [0.1, 0.15) is 17.0 Å². The molecule has 2 heterocycles. The summed E-state index contributed by atoms with van der Waals surface area (Å²) in [4.78, 5) is 25.4. The Morgan fingerprint density at radius 3 is 2.28 bits per heavy atom. The fraction of sp³-hybridized carbons (Fsp3) is 0.0455. The molecule has 0 saturated carbocycles. The number of amides is 2. The first kappa shape index (κ1) is 18.2. The van der Waals surface area contributed by atoms with Gasteiger partial charge in [0, 0.05) is 18.0 Å². The van der Waals surface area contributed by atoms with Crippen molar-refractivity contribution in [2.45, 2.75) is 6.92 Å². The number of carbonyl (C=O) groups is 2. The van der Waals surface area contributed by atoms with Gasteiger partial charge in [-0.2, -0.15) is 0 Å². The third-order valence-electron chi connectivity index (χ3n) is 4.46. The molecule has 0 radical (unpaired) electrons. The minimum Gasteiger partial charge on any atom is -0.360 e. The number of hydrogen-bond donors (Lipinski definition) is 2. The zero-order valence-electron chi connectivity index (χ0n) is 15.6. The van der Waals surface area contributed by atoms with Crippen molar-refractivity contribution < 1.29 is 14.1 Å². The molecule has 2 aromatic heterocycles. The van der Waals surface area contributed by atoms with E-state index in [0.29, 0.717) is 22.7 Å². The molecule has 4 rings (SSSR count). The van der Waals surface area contributed by atoms with E-state index in [1.807, 2.05) is 71.6 Å². The van der Waals surface area contributed by atoms with Crippen molar-refractivity contribution in [3.63, 3.8) is 0 Å². The van der Waals surface area contributed by atoms with E-state index in [4.69, 9.17) is 4.52 Å². The summed E-state index contributed by atoms with van der Waals surface area (Å²) in [7, 11) is 0. The summed E-state index contributed by atoms with van der Waals surface area (Å²) in [6.07, 6.45) is 3.69. The number of benzene rings is 2. The number of rotatable bonds is 4. The molecule has 0 unspecified atom stereocenters. The number of hydrazine groups is 1. The topological polar surface area (TPSA) is 89.2 Å². The molecule has 0 atom stereocenters. The monoisotopic (exact) mass is 386 g/mol. The van der Waals surface area contributed by atoms with Gasteiger partial charge >= 0.3 is 0 Å². The van der Waals surface area contributed by atoms with Gasteiger partial charge in [-0.25, -0.2) is 0 Å². The summed E-state index contributed by atoms with van der Waals surface area (Å²) in [5.74, 6) is -0.573. The van der Waals surface area contributed by atoms with Crippen molar-refractivity contribution in [1.29, 1.82) is 0 Å². The predicted octanol–water partition coefficient (Wildman–Crippen LogP) is 3.52. The number of hydrogen-bond acceptors (Lipinski definition) is 4. The minimum absolute atomic E-state index is 0.273. The van der Waals surface area contributed by atoms with Crippen LogP contribution in [0.2, 0.25) is 0 Å². The fourth-order valence-electron chi connectivity index (χ4n) is 3.06. The number of nitrogens with zero attached hydrogens (tertiary/aromatic N) is 2. The number of para-hydroxylation sites is 1. The highest BCUT2D eigenvalue weighted by atomic mass is 16.5. The maximum Gasteiger partial charge on any atom is 0.275 e. The van der Waals surface area contributed by atoms with Crippen LogP contribution in [-0.2, 0) is 0 Å². The van der Waals surface area contributed by atoms with E-state index in [2.05, 4.69) is 16.0 Å². The van der Waals surface area contributed by atoms with Crippen molar-refractivity contribution in [2.75, 3.05) is 0 Å². The standard InChI is InChI=1S/C22H18N4O3/c1-15-19(20(25-29-15)16-9-3-2-4-10-16)22(28)24-23-21(27)17-11-5-6-12-18(17)26-13-7-8-14-26/h2-14H,1H3,(H,23,27)(H,24,28). The number of nitrogens with one attached hydrogen (secondary N) is 2. The van der Waals surface area contributed by atoms with Crippen LogP contribution >= 0.6 is 0 Å². The second kappa shape index (κ2) is 7.85. The zero-order valence-corrected chi connectivity index (χ0v) is 15.6. The normalized spacial score (nSPS) is 10.5. The highest BCUT2D eigenvalue weighted by molar-refractivity contribution is 6.03. The molecule has 2 aromatic carbocycles. The van der Waals surface area contributed by atoms with Crippen LogP contribution in [0.5, 0.6) is 0 Å². The Morgan fingerprint density at radius 1 is 0.862 bits per heavy atom. The quantitative estimate of drug-likeness (QED) is 0.525. The average molecular weight is 386 g/mol. The van der Waals surface area contributed by atoms with Gasteiger partial charge in [0.25, 0.3) is 11.8 Å². The molecule has 7 nitrogen and oxygen atoms in total. The first-order valence-electron chi connectivity index (χ1n) is 9.00. The van der Waals surface area contributed by atoms with Crippen LogP contribution in [0.1, 0.15) is 26.5 Å². The first-order valence-corrected chi connectivity index (χ1v) is 9.00. The molecule has 0 aliphatic heterocycles. The van der Waals surface area contributed by atoms with Gasteiger partial charge < -0.3 is 9.09 Å². The molecular weight excluding hydrogens is 368 g/mol. The molecule has 2 N–H and O–H groups in total. The SMILES string of the molecule is Cc1onc(-c2ccccc2)c1C(=O)NNC(=O)c1ccccc1-n1cccc1. The van der Waals surface area contributed by atoms with E-state index in [9.17, 15) is 9.59 Å². The number of carbonyl (C=O) groups excluding carboxylic acids is 2. The molecule has 0 fully saturated rings. The van der Waals surface area contributed by atoms with Crippen LogP contribution in [0.3, 0.4) is 0 Å². The van der Waals surface area contributed by atoms with Gasteiger partial charge in [-0.05, 0) is 31.2 Å². The molecule has 0 bridgehead atoms. The molecule has 4 aromatic rings. The van der Waals surface area contributed by atoms with Gasteiger partial charge in [-0.15, -0.1) is 0 Å². The van der Waals surface area contributed by atoms with Crippen LogP contribution in [0.25, 0.3) is 16.9 Å². The van der Waals surface area contributed by atoms with Crippen molar-refractivity contribution in [3.05, 3.63) is 96.0 Å². The van der Waals surface area contributed by atoms with Gasteiger partial charge in [-0.1, -0.05) is 47.6 Å². The number of aryl methyl sites for hydroxylation is 1. The highest BCUT2D eigenvalue weighted by Gasteiger charge is 2.22. The molecule has 144 valence electrons. The van der Waals surface area contributed by atoms with Gasteiger partial charge in [0.15, 0.2) is 0 Å². The van der Waals surface area contributed by atoms with Crippen molar-refractivity contribution >= 4 is 11.8 Å². The maximum absolute atomic E-state index is 12.7. The Morgan fingerprint density at radius 2 is 1.52 bits per heavy atom. The Kier molecular flexibility index (Phi) is 4.94. The summed E-state index contributed by atoms with van der Waals surface area (Å²) in [5, 5.41) is 3.99. The molecule has 29 heavy (non-hydrogen) atoms. The van der Waals surface area contributed by atoms with Crippen LogP contribution < -0.4 is 10.9 Å². The third-order valence-corrected chi connectivity index (χ3v) is 4.46. The lowest BCUT2D eigenvalue weighted by Crippen LogP contribution is -2.42. The molecule has 2 amide bonds. The van der Waals surface area contributed by atoms with Crippen molar-refractivity contribution in [1.82, 2.24) is 20.6 Å². The van der Waals surface area contributed by atoms with E-state index in [1.54, 1.807) is 19.1 Å². The molecule has 0 aliphatic rings. The second-order valence-electron chi connectivity index (χ2n) is 6.34. The first-order chi connectivity index (χ1) is 14.1. The molecule has 7 heteroatoms. The maximum atomic E-state index is 12.7. The lowest BCUT2D eigenvalue weighted by Gasteiger charge is -2.12. The van der Waals surface area contributed by atoms with Gasteiger partial charge in [-0.3, -0.25) is 20.4 Å². The second-order valence-corrected chi connectivity index (χ2v) is 6.34. The summed E-state index contributed by atoms with van der Waals surface area (Å²) < 4.78 is 7.03. The van der Waals surface area contributed by atoms with E-state index >= 15 is 0 Å². The highest BCUT2D eigenvalue weighted by Crippen LogP contribution is 2.24. The lowest BCUT2D eigenvalue weighted by atomic mass is 10.1. The number of aromatic nitrogens is 2. The summed E-state index contributed by atoms with van der Waals surface area (Å²) in [5.41, 5.74) is 7.50. The minimum atomic E-state index is -0.505. The van der Waals surface area contributed by atoms with E-state index in [1.165, 1.54) is 0 Å². The molecule has 0 aliphatic carbocycles. The molecular formula is C22H18N4O3. The Hall–Kier alpha value is -4.13. The van der Waals surface area contributed by atoms with Crippen LogP contribution in [-0.4, -0.2) is 21.5 Å².